The third-order valence-electron chi connectivity index (χ3n) is 3.83. The quantitative estimate of drug-likeness (QED) is 0.237. The summed E-state index contributed by atoms with van der Waals surface area (Å²) in [6, 6.07) is 0. The molecule has 0 rings (SSSR count). The van der Waals surface area contributed by atoms with E-state index in [2.05, 4.69) is 18.7 Å². The first-order chi connectivity index (χ1) is 11.2. The van der Waals surface area contributed by atoms with Crippen LogP contribution in [-0.2, 0) is 13.3 Å². The average molecular weight is 345 g/mol. The van der Waals surface area contributed by atoms with Crippen LogP contribution in [0.5, 0.6) is 0 Å². The largest absolute Gasteiger partial charge is 0.529 e. The van der Waals surface area contributed by atoms with E-state index in [1.165, 1.54) is 57.8 Å². The van der Waals surface area contributed by atoms with Crippen molar-refractivity contribution in [2.45, 2.75) is 91.9 Å². The van der Waals surface area contributed by atoms with Crippen molar-refractivity contribution in [1.82, 2.24) is 0 Å². The van der Waals surface area contributed by atoms with Gasteiger partial charge in [0.2, 0.25) is 0 Å². The topological polar surface area (TPSA) is 27.7 Å². The van der Waals surface area contributed by atoms with Gasteiger partial charge in [-0.25, -0.2) is 0 Å². The Bertz CT molecular complexity index is 252. The van der Waals surface area contributed by atoms with E-state index in [0.717, 1.165) is 6.42 Å². The molecular formula is C19H40O3Si. The second-order valence-corrected chi connectivity index (χ2v) is 8.33. The summed E-state index contributed by atoms with van der Waals surface area (Å²) >= 11 is 0. The van der Waals surface area contributed by atoms with Gasteiger partial charge in [-0.15, -0.1) is 0 Å². The molecule has 0 aromatic carbocycles. The third-order valence-corrected chi connectivity index (χ3v) is 6.55. The zero-order chi connectivity index (χ0) is 17.2. The van der Waals surface area contributed by atoms with Crippen LogP contribution >= 0.6 is 0 Å². The SMILES string of the molecule is CCCCCCCCCCCC=C[Si](OCC)(OCC)OCC. The van der Waals surface area contributed by atoms with E-state index in [-0.39, 0.29) is 0 Å². The van der Waals surface area contributed by atoms with Gasteiger partial charge in [-0.1, -0.05) is 64.4 Å². The number of allylic oxidation sites excluding steroid dienone is 1. The number of unbranched alkanes of at least 4 members (excludes halogenated alkanes) is 9. The minimum Gasteiger partial charge on any atom is -0.371 e. The molecule has 0 aliphatic carbocycles. The Hall–Kier alpha value is -0.163. The van der Waals surface area contributed by atoms with Gasteiger partial charge in [0.15, 0.2) is 0 Å². The molecule has 0 aromatic rings. The van der Waals surface area contributed by atoms with Crippen LogP contribution in [0.3, 0.4) is 0 Å². The molecule has 0 fully saturated rings. The summed E-state index contributed by atoms with van der Waals surface area (Å²) in [5.74, 6) is 0. The Balaban J connectivity index is 3.82. The number of rotatable bonds is 17. The first-order valence-electron chi connectivity index (χ1n) is 9.84. The highest BCUT2D eigenvalue weighted by Gasteiger charge is 2.37. The zero-order valence-electron chi connectivity index (χ0n) is 16.1. The Morgan fingerprint density at radius 1 is 0.609 bits per heavy atom. The summed E-state index contributed by atoms with van der Waals surface area (Å²) in [7, 11) is -2.57. The molecule has 0 aliphatic rings. The molecule has 0 saturated carbocycles. The predicted octanol–water partition coefficient (Wildman–Crippen LogP) is 6.05. The molecule has 0 heterocycles. The van der Waals surface area contributed by atoms with Gasteiger partial charge in [-0.05, 0) is 39.3 Å². The van der Waals surface area contributed by atoms with E-state index in [4.69, 9.17) is 13.3 Å². The van der Waals surface area contributed by atoms with Gasteiger partial charge in [0, 0.05) is 19.8 Å². The van der Waals surface area contributed by atoms with Crippen molar-refractivity contribution in [2.75, 3.05) is 19.8 Å². The van der Waals surface area contributed by atoms with Gasteiger partial charge in [-0.2, -0.15) is 0 Å². The van der Waals surface area contributed by atoms with Gasteiger partial charge in [0.1, 0.15) is 0 Å². The first kappa shape index (κ1) is 22.8. The Labute approximate surface area is 146 Å². The van der Waals surface area contributed by atoms with E-state index in [1.54, 1.807) is 0 Å². The Morgan fingerprint density at radius 3 is 1.48 bits per heavy atom. The van der Waals surface area contributed by atoms with Crippen LogP contribution in [0, 0.1) is 0 Å². The average Bonchev–Trinajstić information content (AvgIpc) is 2.53. The summed E-state index contributed by atoms with van der Waals surface area (Å²) in [6.07, 6.45) is 15.6. The second-order valence-electron chi connectivity index (χ2n) is 5.92. The Kier molecular flexibility index (Phi) is 16.6. The molecular weight excluding hydrogens is 304 g/mol. The van der Waals surface area contributed by atoms with E-state index < -0.39 is 8.80 Å². The van der Waals surface area contributed by atoms with Crippen molar-refractivity contribution in [2.24, 2.45) is 0 Å². The molecule has 0 bridgehead atoms. The molecule has 0 radical (unpaired) electrons. The minimum absolute atomic E-state index is 0.634. The van der Waals surface area contributed by atoms with Gasteiger partial charge < -0.3 is 13.3 Å². The number of hydrogen-bond acceptors (Lipinski definition) is 3. The third kappa shape index (κ3) is 12.9. The van der Waals surface area contributed by atoms with Crippen molar-refractivity contribution in [3.05, 3.63) is 11.8 Å². The molecule has 4 heteroatoms. The smallest absolute Gasteiger partial charge is 0.371 e. The highest BCUT2D eigenvalue weighted by Crippen LogP contribution is 2.14. The normalized spacial score (nSPS) is 12.3. The number of hydrogen-bond donors (Lipinski definition) is 0. The molecule has 0 N–H and O–H groups in total. The molecule has 23 heavy (non-hydrogen) atoms. The standard InChI is InChI=1S/C19H40O3Si/c1-5-9-10-11-12-13-14-15-16-17-18-19-23(20-6-2,21-7-3)22-8-4/h18-19H,5-17H2,1-4H3. The fourth-order valence-corrected chi connectivity index (χ4v) is 4.87. The lowest BCUT2D eigenvalue weighted by Crippen LogP contribution is -2.44. The molecule has 138 valence electrons. The van der Waals surface area contributed by atoms with E-state index in [9.17, 15) is 0 Å². The van der Waals surface area contributed by atoms with Crippen LogP contribution in [0.2, 0.25) is 0 Å². The summed E-state index contributed by atoms with van der Waals surface area (Å²) in [5.41, 5.74) is 2.08. The summed E-state index contributed by atoms with van der Waals surface area (Å²) in [6.45, 7) is 10.2. The molecule has 3 nitrogen and oxygen atoms in total. The maximum atomic E-state index is 5.81. The lowest BCUT2D eigenvalue weighted by Gasteiger charge is -2.25. The fraction of sp³-hybridized carbons (Fsp3) is 0.895. The summed E-state index contributed by atoms with van der Waals surface area (Å²) in [5, 5.41) is 0. The van der Waals surface area contributed by atoms with Crippen LogP contribution < -0.4 is 0 Å². The van der Waals surface area contributed by atoms with Gasteiger partial charge in [0.25, 0.3) is 0 Å². The predicted molar refractivity (Wildman–Crippen MR) is 102 cm³/mol. The van der Waals surface area contributed by atoms with Gasteiger partial charge in [0.05, 0.1) is 0 Å². The molecule has 0 unspecified atom stereocenters. The summed E-state index contributed by atoms with van der Waals surface area (Å²) < 4.78 is 17.4. The highest BCUT2D eigenvalue weighted by molar-refractivity contribution is 6.66. The van der Waals surface area contributed by atoms with E-state index in [1.807, 2.05) is 20.8 Å². The van der Waals surface area contributed by atoms with Gasteiger partial charge in [-0.3, -0.25) is 0 Å². The van der Waals surface area contributed by atoms with Crippen LogP contribution in [-0.4, -0.2) is 28.6 Å². The maximum absolute atomic E-state index is 5.81. The van der Waals surface area contributed by atoms with Crippen LogP contribution in [0.4, 0.5) is 0 Å². The molecule has 0 aliphatic heterocycles. The monoisotopic (exact) mass is 344 g/mol. The fourth-order valence-electron chi connectivity index (χ4n) is 2.67. The van der Waals surface area contributed by atoms with Gasteiger partial charge >= 0.3 is 8.80 Å². The molecule has 0 aromatic heterocycles. The van der Waals surface area contributed by atoms with Crippen LogP contribution in [0.15, 0.2) is 11.8 Å². The molecule has 0 amide bonds. The maximum Gasteiger partial charge on any atom is 0.529 e. The molecule has 0 saturated heterocycles. The van der Waals surface area contributed by atoms with Crippen molar-refractivity contribution in [1.29, 1.82) is 0 Å². The van der Waals surface area contributed by atoms with E-state index >= 15 is 0 Å². The molecule has 0 atom stereocenters. The van der Waals surface area contributed by atoms with Crippen molar-refractivity contribution in [3.8, 4) is 0 Å². The Morgan fingerprint density at radius 2 is 1.04 bits per heavy atom. The second kappa shape index (κ2) is 16.7. The lowest BCUT2D eigenvalue weighted by molar-refractivity contribution is 0.0842. The lowest BCUT2D eigenvalue weighted by atomic mass is 10.1. The highest BCUT2D eigenvalue weighted by atomic mass is 28.4. The van der Waals surface area contributed by atoms with Crippen molar-refractivity contribution >= 4 is 8.80 Å². The minimum atomic E-state index is -2.57. The van der Waals surface area contributed by atoms with Crippen LogP contribution in [0.1, 0.15) is 91.9 Å². The summed E-state index contributed by atoms with van der Waals surface area (Å²) in [4.78, 5) is 0. The molecule has 0 spiro atoms. The first-order valence-corrected chi connectivity index (χ1v) is 11.6. The van der Waals surface area contributed by atoms with Crippen molar-refractivity contribution < 1.29 is 13.3 Å². The van der Waals surface area contributed by atoms with E-state index in [0.29, 0.717) is 19.8 Å². The zero-order valence-corrected chi connectivity index (χ0v) is 17.1. The van der Waals surface area contributed by atoms with Crippen LogP contribution in [0.25, 0.3) is 0 Å². The van der Waals surface area contributed by atoms with Crippen molar-refractivity contribution in [3.63, 3.8) is 0 Å².